The molecule has 0 saturated carbocycles. The number of nitrogens with zero attached hydrogens (tertiary/aromatic N) is 2. The fourth-order valence-electron chi connectivity index (χ4n) is 4.01. The van der Waals surface area contributed by atoms with E-state index in [0.717, 1.165) is 35.3 Å². The van der Waals surface area contributed by atoms with Crippen LogP contribution in [0.25, 0.3) is 11.3 Å². The van der Waals surface area contributed by atoms with Gasteiger partial charge in [-0.15, -0.1) is 11.3 Å². The van der Waals surface area contributed by atoms with Gasteiger partial charge in [0.05, 0.1) is 17.8 Å². The normalized spacial score (nSPS) is 11.8. The Morgan fingerprint density at radius 3 is 2.48 bits per heavy atom. The maximum Gasteiger partial charge on any atom is 0.253 e. The number of aryl methyl sites for hydroxylation is 2. The van der Waals surface area contributed by atoms with E-state index in [4.69, 9.17) is 4.74 Å². The molecule has 40 heavy (non-hydrogen) atoms. The second-order valence-electron chi connectivity index (χ2n) is 9.90. The number of carbonyl (C=O) groups excluding carboxylic acids is 2. The summed E-state index contributed by atoms with van der Waals surface area (Å²) >= 11 is 1.35. The van der Waals surface area contributed by atoms with Gasteiger partial charge in [-0.05, 0) is 43.7 Å². The highest BCUT2D eigenvalue weighted by Crippen LogP contribution is 2.25. The minimum atomic E-state index is -0.311. The Morgan fingerprint density at radius 2 is 1.88 bits per heavy atom. The maximum absolute atomic E-state index is 12.0. The zero-order chi connectivity index (χ0) is 29.9. The quantitative estimate of drug-likeness (QED) is 0.220. The lowest BCUT2D eigenvalue weighted by molar-refractivity contribution is -0.115. The summed E-state index contributed by atoms with van der Waals surface area (Å²) in [6, 6.07) is 9.71. The van der Waals surface area contributed by atoms with Gasteiger partial charge in [-0.25, -0.2) is 4.98 Å². The highest BCUT2D eigenvalue weighted by molar-refractivity contribution is 7.14. The van der Waals surface area contributed by atoms with Crippen LogP contribution in [-0.4, -0.2) is 41.6 Å². The van der Waals surface area contributed by atoms with E-state index in [1.807, 2.05) is 64.6 Å². The van der Waals surface area contributed by atoms with Crippen LogP contribution in [0, 0.1) is 18.8 Å². The molecule has 222 valence electrons. The van der Waals surface area contributed by atoms with Crippen molar-refractivity contribution in [1.82, 2.24) is 14.9 Å². The van der Waals surface area contributed by atoms with Crippen LogP contribution in [0.15, 0.2) is 48.1 Å². The zero-order valence-electron chi connectivity index (χ0n) is 25.8. The first kappa shape index (κ1) is 35.1. The third-order valence-electron chi connectivity index (χ3n) is 6.43. The number of ether oxygens (including phenoxy) is 1. The third kappa shape index (κ3) is 13.4. The van der Waals surface area contributed by atoms with E-state index in [2.05, 4.69) is 36.4 Å². The number of aromatic nitrogens is 2. The fraction of sp³-hybridized carbons (Fsp3) is 0.531. The lowest BCUT2D eigenvalue weighted by atomic mass is 9.93. The van der Waals surface area contributed by atoms with Gasteiger partial charge in [0.15, 0.2) is 5.13 Å². The van der Waals surface area contributed by atoms with Gasteiger partial charge in [-0.1, -0.05) is 77.6 Å². The molecular weight excluding hydrogens is 520 g/mol. The van der Waals surface area contributed by atoms with Crippen molar-refractivity contribution < 1.29 is 14.3 Å². The van der Waals surface area contributed by atoms with Gasteiger partial charge in [0.2, 0.25) is 5.91 Å². The SMILES string of the molecule is CC.CCCC(CCC(C)CC)COC.Cc1cccc(-c2csc(NC(=O)CNC(=O)c3ccn(C)c3)n2)c1. The summed E-state index contributed by atoms with van der Waals surface area (Å²) in [5.41, 5.74) is 3.50. The summed E-state index contributed by atoms with van der Waals surface area (Å²) in [6.07, 6.45) is 10.1. The largest absolute Gasteiger partial charge is 0.384 e. The molecule has 2 unspecified atom stereocenters. The van der Waals surface area contributed by atoms with Gasteiger partial charge in [-0.3, -0.25) is 9.59 Å². The van der Waals surface area contributed by atoms with Crippen LogP contribution in [0.4, 0.5) is 5.13 Å². The summed E-state index contributed by atoms with van der Waals surface area (Å²) in [6.45, 7) is 13.7. The molecule has 2 atom stereocenters. The number of nitrogens with one attached hydrogen (secondary N) is 2. The molecule has 0 aliphatic carbocycles. The number of anilines is 1. The van der Waals surface area contributed by atoms with Crippen molar-refractivity contribution in [3.05, 3.63) is 59.2 Å². The van der Waals surface area contributed by atoms with Gasteiger partial charge in [0.1, 0.15) is 0 Å². The van der Waals surface area contributed by atoms with E-state index in [1.165, 1.54) is 43.4 Å². The predicted molar refractivity (Wildman–Crippen MR) is 169 cm³/mol. The number of carbonyl (C=O) groups is 2. The molecule has 0 bridgehead atoms. The van der Waals surface area contributed by atoms with E-state index >= 15 is 0 Å². The molecule has 0 saturated heterocycles. The molecule has 0 radical (unpaired) electrons. The maximum atomic E-state index is 12.0. The molecule has 0 aliphatic heterocycles. The predicted octanol–water partition coefficient (Wildman–Crippen LogP) is 7.73. The summed E-state index contributed by atoms with van der Waals surface area (Å²) in [5, 5.41) is 7.70. The summed E-state index contributed by atoms with van der Waals surface area (Å²) in [5.74, 6) is 1.09. The van der Waals surface area contributed by atoms with Crippen molar-refractivity contribution in [1.29, 1.82) is 0 Å². The minimum Gasteiger partial charge on any atom is -0.384 e. The second-order valence-corrected chi connectivity index (χ2v) is 10.8. The molecule has 3 aromatic rings. The molecule has 7 nitrogen and oxygen atoms in total. The molecule has 2 N–H and O–H groups in total. The number of amides is 2. The van der Waals surface area contributed by atoms with Crippen molar-refractivity contribution in [3.8, 4) is 11.3 Å². The van der Waals surface area contributed by atoms with Crippen LogP contribution in [-0.2, 0) is 16.6 Å². The van der Waals surface area contributed by atoms with Gasteiger partial charge in [-0.2, -0.15) is 0 Å². The molecule has 2 heterocycles. The first-order valence-corrected chi connectivity index (χ1v) is 15.3. The van der Waals surface area contributed by atoms with Crippen LogP contribution in [0.1, 0.15) is 82.6 Å². The molecule has 1 aromatic carbocycles. The first-order chi connectivity index (χ1) is 19.2. The van der Waals surface area contributed by atoms with E-state index < -0.39 is 0 Å². The zero-order valence-corrected chi connectivity index (χ0v) is 26.6. The van der Waals surface area contributed by atoms with Crippen molar-refractivity contribution in [2.75, 3.05) is 25.6 Å². The van der Waals surface area contributed by atoms with Gasteiger partial charge < -0.3 is 19.9 Å². The first-order valence-electron chi connectivity index (χ1n) is 14.5. The highest BCUT2D eigenvalue weighted by Gasteiger charge is 2.12. The Bertz CT molecular complexity index is 1120. The molecule has 2 aromatic heterocycles. The van der Waals surface area contributed by atoms with Crippen LogP contribution >= 0.6 is 11.3 Å². The van der Waals surface area contributed by atoms with Crippen LogP contribution in [0.2, 0.25) is 0 Å². The van der Waals surface area contributed by atoms with Crippen molar-refractivity contribution in [3.63, 3.8) is 0 Å². The van der Waals surface area contributed by atoms with Crippen molar-refractivity contribution in [2.24, 2.45) is 18.9 Å². The number of methoxy groups -OCH3 is 1. The summed E-state index contributed by atoms with van der Waals surface area (Å²) in [7, 11) is 3.64. The average molecular weight is 571 g/mol. The van der Waals surface area contributed by atoms with E-state index in [-0.39, 0.29) is 18.4 Å². The Hall–Kier alpha value is -2.97. The number of rotatable bonds is 13. The lowest BCUT2D eigenvalue weighted by Gasteiger charge is -2.17. The summed E-state index contributed by atoms with van der Waals surface area (Å²) in [4.78, 5) is 28.3. The summed E-state index contributed by atoms with van der Waals surface area (Å²) < 4.78 is 7.00. The molecule has 3 rings (SSSR count). The Kier molecular flexibility index (Phi) is 17.5. The fourth-order valence-corrected chi connectivity index (χ4v) is 4.75. The van der Waals surface area contributed by atoms with Gasteiger partial charge in [0.25, 0.3) is 5.91 Å². The van der Waals surface area contributed by atoms with Crippen LogP contribution < -0.4 is 10.6 Å². The van der Waals surface area contributed by atoms with E-state index in [0.29, 0.717) is 10.7 Å². The average Bonchev–Trinajstić information content (AvgIpc) is 3.61. The molecule has 0 spiro atoms. The van der Waals surface area contributed by atoms with Gasteiger partial charge >= 0.3 is 0 Å². The Morgan fingerprint density at radius 1 is 1.12 bits per heavy atom. The van der Waals surface area contributed by atoms with Gasteiger partial charge in [0, 0.05) is 44.1 Å². The number of hydrogen-bond donors (Lipinski definition) is 2. The third-order valence-corrected chi connectivity index (χ3v) is 7.19. The van der Waals surface area contributed by atoms with E-state index in [9.17, 15) is 9.59 Å². The Labute approximate surface area is 245 Å². The molecule has 8 heteroatoms. The molecule has 0 aliphatic rings. The molecular formula is C32H50N4O3S. The minimum absolute atomic E-state index is 0.104. The Balaban J connectivity index is 0.000000454. The van der Waals surface area contributed by atoms with Crippen LogP contribution in [0.5, 0.6) is 0 Å². The van der Waals surface area contributed by atoms with E-state index in [1.54, 1.807) is 23.0 Å². The molecule has 2 amide bonds. The monoisotopic (exact) mass is 570 g/mol. The lowest BCUT2D eigenvalue weighted by Crippen LogP contribution is -2.32. The highest BCUT2D eigenvalue weighted by atomic mass is 32.1. The van der Waals surface area contributed by atoms with Crippen molar-refractivity contribution in [2.45, 2.75) is 73.6 Å². The number of benzene rings is 1. The smallest absolute Gasteiger partial charge is 0.253 e. The second kappa shape index (κ2) is 20.0. The molecule has 0 fully saturated rings. The van der Waals surface area contributed by atoms with Crippen molar-refractivity contribution >= 4 is 28.3 Å². The number of thiazole rings is 1. The standard InChI is InChI=1S/C18H18N4O2S.C12H26O.C2H6/c1-12-4-3-5-13(8-12)15-11-25-18(20-15)21-16(23)9-19-17(24)14-6-7-22(2)10-14;1-5-7-12(10-13-4)9-8-11(3)6-2;1-2/h3-8,10-11H,9H2,1-2H3,(H,19,24)(H,20,21,23);11-12H,5-10H2,1-4H3;1-2H3. The van der Waals surface area contributed by atoms with Crippen LogP contribution in [0.3, 0.4) is 0 Å². The number of hydrogen-bond acceptors (Lipinski definition) is 5. The topological polar surface area (TPSA) is 85.3 Å².